The Morgan fingerprint density at radius 2 is 1.87 bits per heavy atom. The Bertz CT molecular complexity index is 258. The summed E-state index contributed by atoms with van der Waals surface area (Å²) in [4.78, 5) is 0. The van der Waals surface area contributed by atoms with E-state index in [0.29, 0.717) is 12.0 Å². The number of hydrogen-bond donors (Lipinski definition) is 2. The highest BCUT2D eigenvalue weighted by atomic mass is 16.3. The Hall–Kier alpha value is -0.860. The van der Waals surface area contributed by atoms with Crippen molar-refractivity contribution in [1.82, 2.24) is 5.32 Å². The second-order valence-corrected chi connectivity index (χ2v) is 4.18. The first-order chi connectivity index (χ1) is 7.24. The number of benzene rings is 1. The van der Waals surface area contributed by atoms with Crippen molar-refractivity contribution in [2.75, 3.05) is 13.2 Å². The molecule has 15 heavy (non-hydrogen) atoms. The molecular formula is C13H21NO. The third-order valence-electron chi connectivity index (χ3n) is 2.52. The van der Waals surface area contributed by atoms with Gasteiger partial charge in [0.05, 0.1) is 0 Å². The van der Waals surface area contributed by atoms with E-state index < -0.39 is 0 Å². The van der Waals surface area contributed by atoms with E-state index in [4.69, 9.17) is 5.11 Å². The van der Waals surface area contributed by atoms with Gasteiger partial charge in [-0.3, -0.25) is 0 Å². The molecule has 1 rings (SSSR count). The van der Waals surface area contributed by atoms with E-state index >= 15 is 0 Å². The van der Waals surface area contributed by atoms with Gasteiger partial charge in [0.25, 0.3) is 0 Å². The van der Waals surface area contributed by atoms with Crippen LogP contribution in [0.4, 0.5) is 0 Å². The molecule has 0 unspecified atom stereocenters. The van der Waals surface area contributed by atoms with Crippen molar-refractivity contribution in [2.24, 2.45) is 0 Å². The van der Waals surface area contributed by atoms with Gasteiger partial charge in [-0.1, -0.05) is 44.2 Å². The topological polar surface area (TPSA) is 32.3 Å². The molecule has 0 saturated heterocycles. The monoisotopic (exact) mass is 207 g/mol. The summed E-state index contributed by atoms with van der Waals surface area (Å²) in [7, 11) is 0. The Morgan fingerprint density at radius 1 is 1.20 bits per heavy atom. The average Bonchev–Trinajstić information content (AvgIpc) is 2.25. The molecule has 2 nitrogen and oxygen atoms in total. The van der Waals surface area contributed by atoms with Gasteiger partial charge < -0.3 is 10.4 Å². The van der Waals surface area contributed by atoms with Gasteiger partial charge in [0.2, 0.25) is 0 Å². The smallest absolute Gasteiger partial charge is 0.0437 e. The van der Waals surface area contributed by atoms with Gasteiger partial charge in [-0.15, -0.1) is 0 Å². The summed E-state index contributed by atoms with van der Waals surface area (Å²) in [5.74, 6) is 0.415. The van der Waals surface area contributed by atoms with Crippen LogP contribution in [0, 0.1) is 0 Å². The Balaban J connectivity index is 2.57. The van der Waals surface area contributed by atoms with Crippen LogP contribution in [0.25, 0.3) is 0 Å². The molecule has 0 saturated carbocycles. The predicted octanol–water partition coefficient (Wildman–Crippen LogP) is 2.15. The molecule has 0 amide bonds. The summed E-state index contributed by atoms with van der Waals surface area (Å²) in [6, 6.07) is 10.9. The number of hydrogen-bond acceptors (Lipinski definition) is 2. The summed E-state index contributed by atoms with van der Waals surface area (Å²) in [5.41, 5.74) is 1.31. The lowest BCUT2D eigenvalue weighted by Gasteiger charge is -2.18. The van der Waals surface area contributed by atoms with Crippen molar-refractivity contribution < 1.29 is 5.11 Å². The van der Waals surface area contributed by atoms with E-state index in [1.54, 1.807) is 0 Å². The zero-order valence-corrected chi connectivity index (χ0v) is 9.61. The molecule has 0 aliphatic heterocycles. The molecule has 84 valence electrons. The van der Waals surface area contributed by atoms with Crippen LogP contribution < -0.4 is 5.32 Å². The van der Waals surface area contributed by atoms with Gasteiger partial charge in [-0.2, -0.15) is 0 Å². The maximum absolute atomic E-state index is 9.04. The SMILES string of the molecule is CC(C)NC[C@H](CCO)c1ccccc1. The van der Waals surface area contributed by atoms with E-state index in [9.17, 15) is 0 Å². The van der Waals surface area contributed by atoms with Crippen molar-refractivity contribution in [3.63, 3.8) is 0 Å². The Kier molecular flexibility index (Phi) is 5.37. The van der Waals surface area contributed by atoms with Gasteiger partial charge >= 0.3 is 0 Å². The highest BCUT2D eigenvalue weighted by Crippen LogP contribution is 2.18. The average molecular weight is 207 g/mol. The zero-order chi connectivity index (χ0) is 11.1. The summed E-state index contributed by atoms with van der Waals surface area (Å²) < 4.78 is 0. The van der Waals surface area contributed by atoms with Crippen molar-refractivity contribution in [3.8, 4) is 0 Å². The molecule has 1 aromatic carbocycles. The lowest BCUT2D eigenvalue weighted by atomic mass is 9.96. The number of rotatable bonds is 6. The van der Waals surface area contributed by atoms with Crippen molar-refractivity contribution in [1.29, 1.82) is 0 Å². The maximum Gasteiger partial charge on any atom is 0.0437 e. The third kappa shape index (κ3) is 4.45. The molecular weight excluding hydrogens is 186 g/mol. The van der Waals surface area contributed by atoms with Crippen LogP contribution in [0.3, 0.4) is 0 Å². The highest BCUT2D eigenvalue weighted by molar-refractivity contribution is 5.19. The summed E-state index contributed by atoms with van der Waals surface area (Å²) in [6.45, 7) is 5.46. The number of aliphatic hydroxyl groups is 1. The molecule has 0 aliphatic carbocycles. The molecule has 0 heterocycles. The predicted molar refractivity (Wildman–Crippen MR) is 64.0 cm³/mol. The third-order valence-corrected chi connectivity index (χ3v) is 2.52. The van der Waals surface area contributed by atoms with Crippen LogP contribution in [0.1, 0.15) is 31.7 Å². The van der Waals surface area contributed by atoms with E-state index in [1.807, 2.05) is 6.07 Å². The lowest BCUT2D eigenvalue weighted by Crippen LogP contribution is -2.28. The standard InChI is InChI=1S/C13H21NO/c1-11(2)14-10-13(8-9-15)12-6-4-3-5-7-12/h3-7,11,13-15H,8-10H2,1-2H3/t13-/m0/s1. The van der Waals surface area contributed by atoms with Gasteiger partial charge in [0.1, 0.15) is 0 Å². The minimum Gasteiger partial charge on any atom is -0.396 e. The quantitative estimate of drug-likeness (QED) is 0.749. The largest absolute Gasteiger partial charge is 0.396 e. The molecule has 0 aliphatic rings. The van der Waals surface area contributed by atoms with Gasteiger partial charge in [0, 0.05) is 19.2 Å². The molecule has 0 bridgehead atoms. The normalized spacial score (nSPS) is 13.1. The van der Waals surface area contributed by atoms with Crippen molar-refractivity contribution in [3.05, 3.63) is 35.9 Å². The van der Waals surface area contributed by atoms with Gasteiger partial charge in [0.15, 0.2) is 0 Å². The second-order valence-electron chi connectivity index (χ2n) is 4.18. The second kappa shape index (κ2) is 6.59. The van der Waals surface area contributed by atoms with Gasteiger partial charge in [-0.05, 0) is 17.9 Å². The zero-order valence-electron chi connectivity index (χ0n) is 9.61. The molecule has 0 spiro atoms. The van der Waals surface area contributed by atoms with E-state index in [-0.39, 0.29) is 6.61 Å². The fraction of sp³-hybridized carbons (Fsp3) is 0.538. The van der Waals surface area contributed by atoms with E-state index in [0.717, 1.165) is 13.0 Å². The molecule has 2 heteroatoms. The summed E-state index contributed by atoms with van der Waals surface area (Å²) in [6.07, 6.45) is 0.823. The van der Waals surface area contributed by atoms with E-state index in [1.165, 1.54) is 5.56 Å². The number of nitrogens with one attached hydrogen (secondary N) is 1. The maximum atomic E-state index is 9.04. The first kappa shape index (κ1) is 12.2. The van der Waals surface area contributed by atoms with Crippen LogP contribution in [0.15, 0.2) is 30.3 Å². The minimum atomic E-state index is 0.249. The van der Waals surface area contributed by atoms with E-state index in [2.05, 4.69) is 43.4 Å². The van der Waals surface area contributed by atoms with Crippen LogP contribution in [0.5, 0.6) is 0 Å². The first-order valence-electron chi connectivity index (χ1n) is 5.63. The fourth-order valence-corrected chi connectivity index (χ4v) is 1.65. The summed E-state index contributed by atoms with van der Waals surface area (Å²) >= 11 is 0. The summed E-state index contributed by atoms with van der Waals surface area (Å²) in [5, 5.41) is 12.5. The molecule has 0 aromatic heterocycles. The fourth-order valence-electron chi connectivity index (χ4n) is 1.65. The van der Waals surface area contributed by atoms with Crippen LogP contribution >= 0.6 is 0 Å². The van der Waals surface area contributed by atoms with Crippen LogP contribution in [-0.2, 0) is 0 Å². The van der Waals surface area contributed by atoms with Crippen molar-refractivity contribution >= 4 is 0 Å². The van der Waals surface area contributed by atoms with Crippen LogP contribution in [0.2, 0.25) is 0 Å². The van der Waals surface area contributed by atoms with Gasteiger partial charge in [-0.25, -0.2) is 0 Å². The Labute approximate surface area is 92.3 Å². The number of aliphatic hydroxyl groups excluding tert-OH is 1. The van der Waals surface area contributed by atoms with Crippen LogP contribution in [-0.4, -0.2) is 24.3 Å². The first-order valence-corrected chi connectivity index (χ1v) is 5.63. The lowest BCUT2D eigenvalue weighted by molar-refractivity contribution is 0.272. The molecule has 1 aromatic rings. The minimum absolute atomic E-state index is 0.249. The molecule has 2 N–H and O–H groups in total. The van der Waals surface area contributed by atoms with Crippen molar-refractivity contribution in [2.45, 2.75) is 32.2 Å². The molecule has 0 radical (unpaired) electrons. The molecule has 0 fully saturated rings. The Morgan fingerprint density at radius 3 is 2.40 bits per heavy atom. The molecule has 1 atom stereocenters. The highest BCUT2D eigenvalue weighted by Gasteiger charge is 2.10.